The van der Waals surface area contributed by atoms with E-state index in [0.717, 1.165) is 23.9 Å². The number of piperidine rings is 1. The molecule has 1 aliphatic carbocycles. The van der Waals surface area contributed by atoms with Crippen molar-refractivity contribution in [3.05, 3.63) is 41.0 Å². The van der Waals surface area contributed by atoms with Gasteiger partial charge in [-0.25, -0.2) is 0 Å². The fourth-order valence-electron chi connectivity index (χ4n) is 3.23. The quantitative estimate of drug-likeness (QED) is 0.816. The molecule has 2 heterocycles. The topological polar surface area (TPSA) is 42.2 Å². The summed E-state index contributed by atoms with van der Waals surface area (Å²) in [7, 11) is 0. The summed E-state index contributed by atoms with van der Waals surface area (Å²) in [6, 6.07) is 8.01. The maximum absolute atomic E-state index is 5.92. The van der Waals surface area contributed by atoms with Crippen LogP contribution in [0.1, 0.15) is 17.6 Å². The van der Waals surface area contributed by atoms with Gasteiger partial charge in [0.2, 0.25) is 5.89 Å². The average Bonchev–Trinajstić information content (AvgIpc) is 2.88. The minimum atomic E-state index is 0.284. The Bertz CT molecular complexity index is 616. The molecule has 4 nitrogen and oxygen atoms in total. The van der Waals surface area contributed by atoms with Crippen LogP contribution in [0.3, 0.4) is 0 Å². The van der Waals surface area contributed by atoms with Crippen molar-refractivity contribution in [3.63, 3.8) is 0 Å². The summed E-state index contributed by atoms with van der Waals surface area (Å²) in [4.78, 5) is 6.73. The van der Waals surface area contributed by atoms with Crippen LogP contribution in [0.15, 0.2) is 28.8 Å². The maximum atomic E-state index is 5.92. The highest BCUT2D eigenvalue weighted by molar-refractivity contribution is 6.30. The molecule has 1 aromatic heterocycles. The largest absolute Gasteiger partial charge is 0.371 e. The standard InChI is InChI=1S/C14H13Cl2N3O/c15-5-12-17-14(18-20-12)13-10-6-19(7-11(10)13)9-3-1-8(16)2-4-9/h1-4,10-11,13H,5-7H2/t10-,11?,13?/m0/s1. The summed E-state index contributed by atoms with van der Waals surface area (Å²) in [6.07, 6.45) is 0. The predicted octanol–water partition coefficient (Wildman–Crippen LogP) is 3.31. The Balaban J connectivity index is 1.44. The van der Waals surface area contributed by atoms with Crippen LogP contribution >= 0.6 is 23.2 Å². The molecular formula is C14H13Cl2N3O. The number of hydrogen-bond acceptors (Lipinski definition) is 4. The molecule has 20 heavy (non-hydrogen) atoms. The van der Waals surface area contributed by atoms with Gasteiger partial charge in [-0.1, -0.05) is 16.8 Å². The SMILES string of the molecule is ClCc1nc(C2C3CN(c4ccc(Cl)cc4)C[C@@H]32)no1. The van der Waals surface area contributed by atoms with Crippen LogP contribution in [0.5, 0.6) is 0 Å². The first kappa shape index (κ1) is 12.5. The molecule has 1 saturated carbocycles. The van der Waals surface area contributed by atoms with Crippen molar-refractivity contribution in [1.29, 1.82) is 0 Å². The molecule has 0 spiro atoms. The fourth-order valence-corrected chi connectivity index (χ4v) is 3.46. The number of halogens is 2. The molecule has 2 aliphatic rings. The van der Waals surface area contributed by atoms with E-state index in [-0.39, 0.29) is 5.88 Å². The van der Waals surface area contributed by atoms with Gasteiger partial charge in [0.1, 0.15) is 5.88 Å². The first-order valence-corrected chi connectivity index (χ1v) is 7.56. The van der Waals surface area contributed by atoms with Crippen LogP contribution in [0.25, 0.3) is 0 Å². The van der Waals surface area contributed by atoms with E-state index in [1.807, 2.05) is 12.1 Å². The van der Waals surface area contributed by atoms with Crippen molar-refractivity contribution in [2.45, 2.75) is 11.8 Å². The predicted molar refractivity (Wildman–Crippen MR) is 77.2 cm³/mol. The molecule has 104 valence electrons. The zero-order valence-electron chi connectivity index (χ0n) is 10.7. The third-order valence-electron chi connectivity index (χ3n) is 4.28. The molecule has 0 radical (unpaired) electrons. The molecule has 1 saturated heterocycles. The third-order valence-corrected chi connectivity index (χ3v) is 4.76. The molecular weight excluding hydrogens is 297 g/mol. The van der Waals surface area contributed by atoms with Gasteiger partial charge >= 0.3 is 0 Å². The van der Waals surface area contributed by atoms with Crippen LogP contribution in [-0.4, -0.2) is 23.2 Å². The van der Waals surface area contributed by atoms with E-state index in [1.54, 1.807) is 0 Å². The van der Waals surface area contributed by atoms with E-state index >= 15 is 0 Å². The first-order valence-electron chi connectivity index (χ1n) is 6.65. The normalized spacial score (nSPS) is 27.7. The van der Waals surface area contributed by atoms with Gasteiger partial charge in [-0.3, -0.25) is 0 Å². The lowest BCUT2D eigenvalue weighted by Gasteiger charge is -2.21. The molecule has 0 N–H and O–H groups in total. The van der Waals surface area contributed by atoms with Gasteiger partial charge in [-0.2, -0.15) is 4.98 Å². The fraction of sp³-hybridized carbons (Fsp3) is 0.429. The lowest BCUT2D eigenvalue weighted by Crippen LogP contribution is -2.23. The highest BCUT2D eigenvalue weighted by atomic mass is 35.5. The number of fused-ring (bicyclic) bond motifs is 1. The summed E-state index contributed by atoms with van der Waals surface area (Å²) in [5.74, 6) is 3.33. The molecule has 1 aliphatic heterocycles. The number of nitrogens with zero attached hydrogens (tertiary/aromatic N) is 3. The highest BCUT2D eigenvalue weighted by Crippen LogP contribution is 2.57. The van der Waals surface area contributed by atoms with E-state index in [0.29, 0.717) is 23.6 Å². The molecule has 4 rings (SSSR count). The second kappa shape index (κ2) is 4.64. The van der Waals surface area contributed by atoms with E-state index in [4.69, 9.17) is 27.7 Å². The number of alkyl halides is 1. The molecule has 2 aromatic rings. The van der Waals surface area contributed by atoms with Gasteiger partial charge < -0.3 is 9.42 Å². The van der Waals surface area contributed by atoms with Gasteiger partial charge in [0.05, 0.1) is 0 Å². The number of anilines is 1. The third kappa shape index (κ3) is 1.98. The van der Waals surface area contributed by atoms with Gasteiger partial charge in [-0.05, 0) is 36.1 Å². The maximum Gasteiger partial charge on any atom is 0.241 e. The number of aromatic nitrogens is 2. The smallest absolute Gasteiger partial charge is 0.241 e. The Morgan fingerprint density at radius 2 is 1.90 bits per heavy atom. The van der Waals surface area contributed by atoms with Crippen molar-refractivity contribution >= 4 is 28.9 Å². The van der Waals surface area contributed by atoms with Crippen LogP contribution in [0.2, 0.25) is 5.02 Å². The Kier molecular flexibility index (Phi) is 2.89. The van der Waals surface area contributed by atoms with Gasteiger partial charge in [0.15, 0.2) is 5.82 Å². The zero-order valence-corrected chi connectivity index (χ0v) is 12.2. The lowest BCUT2D eigenvalue weighted by molar-refractivity contribution is 0.383. The summed E-state index contributed by atoms with van der Waals surface area (Å²) in [6.45, 7) is 2.09. The average molecular weight is 310 g/mol. The van der Waals surface area contributed by atoms with E-state index < -0.39 is 0 Å². The molecule has 1 aromatic carbocycles. The van der Waals surface area contributed by atoms with E-state index in [9.17, 15) is 0 Å². The van der Waals surface area contributed by atoms with Crippen molar-refractivity contribution in [2.24, 2.45) is 11.8 Å². The van der Waals surface area contributed by atoms with E-state index in [2.05, 4.69) is 27.2 Å². The lowest BCUT2D eigenvalue weighted by atomic mass is 10.2. The Labute approximate surface area is 126 Å². The molecule has 3 atom stereocenters. The Hall–Kier alpha value is -1.26. The second-order valence-electron chi connectivity index (χ2n) is 5.41. The molecule has 0 amide bonds. The van der Waals surface area contributed by atoms with E-state index in [1.165, 1.54) is 5.69 Å². The number of benzene rings is 1. The van der Waals surface area contributed by atoms with Crippen LogP contribution in [0, 0.1) is 11.8 Å². The molecule has 6 heteroatoms. The minimum absolute atomic E-state index is 0.284. The van der Waals surface area contributed by atoms with Gasteiger partial charge in [0.25, 0.3) is 0 Å². The van der Waals surface area contributed by atoms with Crippen molar-refractivity contribution < 1.29 is 4.52 Å². The summed E-state index contributed by atoms with van der Waals surface area (Å²) in [5, 5.41) is 4.81. The summed E-state index contributed by atoms with van der Waals surface area (Å²) in [5.41, 5.74) is 1.23. The second-order valence-corrected chi connectivity index (χ2v) is 6.12. The number of hydrogen-bond donors (Lipinski definition) is 0. The monoisotopic (exact) mass is 309 g/mol. The van der Waals surface area contributed by atoms with Crippen LogP contribution < -0.4 is 4.90 Å². The molecule has 2 unspecified atom stereocenters. The Morgan fingerprint density at radius 1 is 1.20 bits per heavy atom. The van der Waals surface area contributed by atoms with Crippen LogP contribution in [-0.2, 0) is 5.88 Å². The number of rotatable bonds is 3. The molecule has 0 bridgehead atoms. The molecule has 2 fully saturated rings. The van der Waals surface area contributed by atoms with Gasteiger partial charge in [-0.15, -0.1) is 11.6 Å². The Morgan fingerprint density at radius 3 is 2.50 bits per heavy atom. The van der Waals surface area contributed by atoms with Crippen molar-refractivity contribution in [1.82, 2.24) is 10.1 Å². The van der Waals surface area contributed by atoms with Crippen molar-refractivity contribution in [2.75, 3.05) is 18.0 Å². The van der Waals surface area contributed by atoms with Gasteiger partial charge in [0, 0.05) is 29.7 Å². The summed E-state index contributed by atoms with van der Waals surface area (Å²) < 4.78 is 5.08. The van der Waals surface area contributed by atoms with Crippen LogP contribution in [0.4, 0.5) is 5.69 Å². The highest BCUT2D eigenvalue weighted by Gasteiger charge is 2.58. The first-order chi connectivity index (χ1) is 9.76. The van der Waals surface area contributed by atoms with Crippen molar-refractivity contribution in [3.8, 4) is 0 Å². The minimum Gasteiger partial charge on any atom is -0.371 e. The summed E-state index contributed by atoms with van der Waals surface area (Å²) >= 11 is 11.6. The zero-order chi connectivity index (χ0) is 13.7.